The van der Waals surface area contributed by atoms with Crippen LogP contribution in [0.15, 0.2) is 42.7 Å². The van der Waals surface area contributed by atoms with Crippen molar-refractivity contribution in [2.24, 2.45) is 0 Å². The topological polar surface area (TPSA) is 86.1 Å². The summed E-state index contributed by atoms with van der Waals surface area (Å²) in [5.74, 6) is -3.87. The molecule has 0 aliphatic heterocycles. The largest absolute Gasteiger partial charge is 0.491 e. The van der Waals surface area contributed by atoms with Gasteiger partial charge in [-0.1, -0.05) is 24.3 Å². The summed E-state index contributed by atoms with van der Waals surface area (Å²) < 4.78 is 43.7. The molecule has 3 aromatic rings. The molecule has 1 aromatic carbocycles. The molecule has 5 rings (SSSR count). The van der Waals surface area contributed by atoms with E-state index in [1.54, 1.807) is 18.5 Å². The van der Waals surface area contributed by atoms with E-state index in [1.807, 2.05) is 12.1 Å². The molecule has 0 fully saturated rings. The van der Waals surface area contributed by atoms with E-state index < -0.39 is 18.1 Å². The molecular weight excluding hydrogens is 461 g/mol. The number of ether oxygens (including phenoxy) is 1. The van der Waals surface area contributed by atoms with Gasteiger partial charge in [-0.2, -0.15) is 18.3 Å². The lowest BCUT2D eigenvalue weighted by Gasteiger charge is -2.15. The van der Waals surface area contributed by atoms with Crippen LogP contribution in [0.3, 0.4) is 0 Å². The van der Waals surface area contributed by atoms with Crippen LogP contribution in [-0.4, -0.2) is 45.5 Å². The summed E-state index contributed by atoms with van der Waals surface area (Å²) in [4.78, 5) is 28.1. The Balaban J connectivity index is 1.32. The number of carbonyl (C=O) groups excluding carboxylic acids is 2. The van der Waals surface area contributed by atoms with Gasteiger partial charge in [-0.05, 0) is 61.4 Å². The highest BCUT2D eigenvalue weighted by Crippen LogP contribution is 2.34. The van der Waals surface area contributed by atoms with Gasteiger partial charge in [0, 0.05) is 36.1 Å². The lowest BCUT2D eigenvalue weighted by molar-refractivity contribution is -0.193. The van der Waals surface area contributed by atoms with Gasteiger partial charge in [0.25, 0.3) is 0 Å². The van der Waals surface area contributed by atoms with E-state index in [-0.39, 0.29) is 12.2 Å². The summed E-state index contributed by atoms with van der Waals surface area (Å²) in [5, 5.41) is 8.06. The van der Waals surface area contributed by atoms with E-state index in [9.17, 15) is 22.8 Å². The van der Waals surface area contributed by atoms with E-state index in [0.717, 1.165) is 24.0 Å². The van der Waals surface area contributed by atoms with Crippen molar-refractivity contribution >= 4 is 11.9 Å². The van der Waals surface area contributed by atoms with Crippen molar-refractivity contribution in [1.29, 1.82) is 0 Å². The molecule has 7 nitrogen and oxygen atoms in total. The number of hydrogen-bond acceptors (Lipinski definition) is 6. The van der Waals surface area contributed by atoms with Crippen molar-refractivity contribution in [3.05, 3.63) is 70.7 Å². The molecule has 0 radical (unpaired) electrons. The molecule has 2 aliphatic rings. The van der Waals surface area contributed by atoms with Crippen LogP contribution in [-0.2, 0) is 41.8 Å². The van der Waals surface area contributed by atoms with Gasteiger partial charge in [0.2, 0.25) is 0 Å². The van der Waals surface area contributed by atoms with Crippen LogP contribution in [0.4, 0.5) is 13.2 Å². The molecule has 10 heteroatoms. The molecule has 0 atom stereocenters. The molecule has 0 unspecified atom stereocenters. The molecule has 0 saturated heterocycles. The number of nitrogens with one attached hydrogen (secondary N) is 1. The second-order valence-corrected chi connectivity index (χ2v) is 8.79. The molecule has 2 aliphatic carbocycles. The molecule has 182 valence electrons. The highest BCUT2D eigenvalue weighted by molar-refractivity contribution is 5.99. The number of aromatic nitrogens is 3. The summed E-state index contributed by atoms with van der Waals surface area (Å²) in [7, 11) is 0. The van der Waals surface area contributed by atoms with Crippen LogP contribution >= 0.6 is 0 Å². The summed E-state index contributed by atoms with van der Waals surface area (Å²) >= 11 is 0. The van der Waals surface area contributed by atoms with Crippen LogP contribution in [0.2, 0.25) is 0 Å². The number of fused-ring (bicyclic) bond motifs is 4. The molecule has 0 bridgehead atoms. The number of hydrogen-bond donors (Lipinski definition) is 1. The predicted molar refractivity (Wildman–Crippen MR) is 120 cm³/mol. The Morgan fingerprint density at radius 2 is 1.83 bits per heavy atom. The molecule has 0 amide bonds. The normalized spacial score (nSPS) is 14.8. The highest BCUT2D eigenvalue weighted by atomic mass is 19.4. The minimum absolute atomic E-state index is 0.103. The van der Waals surface area contributed by atoms with Crippen molar-refractivity contribution in [2.75, 3.05) is 6.54 Å². The predicted octanol–water partition coefficient (Wildman–Crippen LogP) is 3.44. The monoisotopic (exact) mass is 484 g/mol. The lowest BCUT2D eigenvalue weighted by Crippen LogP contribution is -2.31. The van der Waals surface area contributed by atoms with Gasteiger partial charge in [0.05, 0.1) is 5.69 Å². The van der Waals surface area contributed by atoms with Crippen LogP contribution in [0.25, 0.3) is 11.3 Å². The molecule has 0 saturated carbocycles. The Bertz CT molecular complexity index is 1260. The number of carbonyl (C=O) groups is 2. The maximum Gasteiger partial charge on any atom is 0.491 e. The zero-order valence-corrected chi connectivity index (χ0v) is 18.8. The summed E-state index contributed by atoms with van der Waals surface area (Å²) in [6.07, 6.45) is 1.46. The average Bonchev–Trinajstić information content (AvgIpc) is 3.42. The first-order chi connectivity index (χ1) is 16.8. The summed E-state index contributed by atoms with van der Waals surface area (Å²) in [6, 6.07) is 10.4. The summed E-state index contributed by atoms with van der Waals surface area (Å²) in [6.45, 7) is 0.921. The lowest BCUT2D eigenvalue weighted by atomic mass is 9.90. The fraction of sp³-hybridized carbons (Fsp3) is 0.360. The minimum Gasteiger partial charge on any atom is -0.381 e. The molecule has 2 heterocycles. The highest BCUT2D eigenvalue weighted by Gasteiger charge is 2.43. The second kappa shape index (κ2) is 9.26. The number of esters is 2. The molecule has 1 N–H and O–H groups in total. The van der Waals surface area contributed by atoms with E-state index >= 15 is 0 Å². The Morgan fingerprint density at radius 1 is 1.09 bits per heavy atom. The number of nitrogens with zero attached hydrogens (tertiary/aromatic N) is 3. The van der Waals surface area contributed by atoms with Crippen LogP contribution in [0.1, 0.15) is 39.2 Å². The van der Waals surface area contributed by atoms with Crippen molar-refractivity contribution in [3.63, 3.8) is 0 Å². The zero-order valence-electron chi connectivity index (χ0n) is 18.8. The van der Waals surface area contributed by atoms with E-state index in [1.165, 1.54) is 15.8 Å². The van der Waals surface area contributed by atoms with Crippen molar-refractivity contribution < 1.29 is 27.5 Å². The van der Waals surface area contributed by atoms with Gasteiger partial charge >= 0.3 is 18.1 Å². The maximum atomic E-state index is 12.7. The number of alkyl halides is 3. The maximum absolute atomic E-state index is 12.7. The van der Waals surface area contributed by atoms with E-state index in [0.29, 0.717) is 43.1 Å². The fourth-order valence-electron chi connectivity index (χ4n) is 4.89. The first-order valence-corrected chi connectivity index (χ1v) is 11.5. The van der Waals surface area contributed by atoms with Crippen molar-refractivity contribution in [2.45, 2.75) is 50.9 Å². The van der Waals surface area contributed by atoms with Gasteiger partial charge in [-0.25, -0.2) is 9.59 Å². The minimum atomic E-state index is -5.26. The Morgan fingerprint density at radius 3 is 2.54 bits per heavy atom. The number of benzene rings is 1. The Labute approximate surface area is 199 Å². The molecule has 2 aromatic heterocycles. The number of pyridine rings is 1. The van der Waals surface area contributed by atoms with E-state index in [4.69, 9.17) is 0 Å². The van der Waals surface area contributed by atoms with Gasteiger partial charge in [0.15, 0.2) is 5.69 Å². The third kappa shape index (κ3) is 4.70. The third-order valence-electron chi connectivity index (χ3n) is 6.49. The number of rotatable bonds is 6. The first-order valence-electron chi connectivity index (χ1n) is 11.5. The van der Waals surface area contributed by atoms with Crippen molar-refractivity contribution in [1.82, 2.24) is 20.1 Å². The average molecular weight is 484 g/mol. The Hall–Kier alpha value is -3.53. The van der Waals surface area contributed by atoms with Gasteiger partial charge in [-0.3, -0.25) is 9.67 Å². The second-order valence-electron chi connectivity index (χ2n) is 8.79. The van der Waals surface area contributed by atoms with E-state index in [2.05, 4.69) is 32.3 Å². The molecule has 35 heavy (non-hydrogen) atoms. The van der Waals surface area contributed by atoms with Gasteiger partial charge in [0.1, 0.15) is 0 Å². The number of halogens is 3. The third-order valence-corrected chi connectivity index (χ3v) is 6.49. The quantitative estimate of drug-likeness (QED) is 0.328. The Kier molecular flexibility index (Phi) is 6.14. The zero-order chi connectivity index (χ0) is 24.6. The van der Waals surface area contributed by atoms with Gasteiger partial charge < -0.3 is 10.1 Å². The van der Waals surface area contributed by atoms with Crippen LogP contribution in [0, 0.1) is 0 Å². The molecular formula is C25H23F3N4O3. The first kappa shape index (κ1) is 23.2. The fourth-order valence-corrected chi connectivity index (χ4v) is 4.89. The number of aryl methyl sites for hydroxylation is 2. The smallest absolute Gasteiger partial charge is 0.381 e. The van der Waals surface area contributed by atoms with Gasteiger partial charge in [-0.15, -0.1) is 0 Å². The molecule has 0 spiro atoms. The standard InChI is InChI=1S/C25H23F3N4O3/c26-25(27,28)24(34)35-23(33)22-20-7-6-17-14-29-10-8-19(17)21(20)31-32(22)11-3-9-30-18-12-15-4-1-2-5-16(15)13-18/h1-2,4-5,8,10,14,18,30H,3,6-7,9,11-13H2. The summed E-state index contributed by atoms with van der Waals surface area (Å²) in [5.41, 5.74) is 5.28. The van der Waals surface area contributed by atoms with Crippen LogP contribution in [0.5, 0.6) is 0 Å². The SMILES string of the molecule is O=C(OC(=O)C(F)(F)F)c1c2c(nn1CCCNC1Cc3ccccc3C1)-c1ccncc1CC2. The van der Waals surface area contributed by atoms with Crippen molar-refractivity contribution in [3.8, 4) is 11.3 Å². The van der Waals surface area contributed by atoms with Crippen LogP contribution < -0.4 is 5.32 Å².